The summed E-state index contributed by atoms with van der Waals surface area (Å²) in [5.74, 6) is 0.156. The Morgan fingerprint density at radius 1 is 0.324 bits per heavy atom. The number of hydrogen-bond donors (Lipinski definition) is 2. The molecule has 0 aromatic rings. The van der Waals surface area contributed by atoms with E-state index in [-0.39, 0.29) is 35.5 Å². The summed E-state index contributed by atoms with van der Waals surface area (Å²) < 4.78 is 0. The zero-order valence-electron chi connectivity index (χ0n) is 49.1. The summed E-state index contributed by atoms with van der Waals surface area (Å²) in [4.78, 5) is 62.6. The first-order valence-electron chi connectivity index (χ1n) is 30.7. The first kappa shape index (κ1) is 68.8. The minimum absolute atomic E-state index is 0.0182. The molecule has 0 radical (unpaired) electrons. The van der Waals surface area contributed by atoms with Gasteiger partial charge in [0.25, 0.3) is 0 Å². The summed E-state index contributed by atoms with van der Waals surface area (Å²) in [6, 6.07) is -0.944. The van der Waals surface area contributed by atoms with Crippen molar-refractivity contribution in [2.75, 3.05) is 67.5 Å². The fourth-order valence-corrected chi connectivity index (χ4v) is 10.1. The molecule has 10 nitrogen and oxygen atoms in total. The van der Waals surface area contributed by atoms with Crippen LogP contribution in [0.1, 0.15) is 279 Å². The minimum Gasteiger partial charge on any atom is -0.354 e. The molecule has 71 heavy (non-hydrogen) atoms. The van der Waals surface area contributed by atoms with Gasteiger partial charge in [-0.15, -0.1) is 0 Å². The highest BCUT2D eigenvalue weighted by atomic mass is 16.2. The van der Waals surface area contributed by atoms with Gasteiger partial charge in [0.05, 0.1) is 0 Å². The van der Waals surface area contributed by atoms with Gasteiger partial charge in [-0.2, -0.15) is 0 Å². The van der Waals surface area contributed by atoms with E-state index in [9.17, 15) is 19.2 Å². The van der Waals surface area contributed by atoms with Gasteiger partial charge in [-0.3, -0.25) is 19.2 Å². The van der Waals surface area contributed by atoms with Crippen LogP contribution in [-0.4, -0.2) is 123 Å². The van der Waals surface area contributed by atoms with E-state index in [4.69, 9.17) is 0 Å². The van der Waals surface area contributed by atoms with Crippen molar-refractivity contribution in [1.82, 2.24) is 30.2 Å². The molecule has 2 N–H and O–H groups in total. The maximum Gasteiger partial charge on any atom is 0.243 e. The van der Waals surface area contributed by atoms with Crippen LogP contribution in [0.4, 0.5) is 0 Å². The molecule has 420 valence electrons. The zero-order chi connectivity index (χ0) is 52.7. The maximum absolute atomic E-state index is 13.7. The molecule has 0 aliphatic heterocycles. The summed E-state index contributed by atoms with van der Waals surface area (Å²) >= 11 is 0. The Morgan fingerprint density at radius 2 is 0.549 bits per heavy atom. The molecule has 0 aromatic heterocycles. The first-order chi connectivity index (χ1) is 34.3. The van der Waals surface area contributed by atoms with Crippen LogP contribution in [0, 0.1) is 11.8 Å². The van der Waals surface area contributed by atoms with Crippen LogP contribution in [0.3, 0.4) is 0 Å². The lowest BCUT2D eigenvalue weighted by Gasteiger charge is -2.34. The number of carbonyl (C=O) groups excluding carboxylic acids is 4. The molecule has 0 aliphatic rings. The Balaban J connectivity index is 4.65. The third-order valence-electron chi connectivity index (χ3n) is 14.6. The monoisotopic (exact) mass is 1000 g/mol. The summed E-state index contributed by atoms with van der Waals surface area (Å²) in [5, 5.41) is 6.37. The second-order valence-electron chi connectivity index (χ2n) is 22.9. The highest BCUT2D eigenvalue weighted by Crippen LogP contribution is 2.20. The lowest BCUT2D eigenvalue weighted by atomic mass is 9.99. The maximum atomic E-state index is 13.7. The van der Waals surface area contributed by atoms with Crippen molar-refractivity contribution in [3.63, 3.8) is 0 Å². The second-order valence-corrected chi connectivity index (χ2v) is 22.9. The van der Waals surface area contributed by atoms with E-state index in [0.717, 1.165) is 70.9 Å². The first-order valence-corrected chi connectivity index (χ1v) is 30.7. The van der Waals surface area contributed by atoms with Crippen LogP contribution in [0.5, 0.6) is 0 Å². The van der Waals surface area contributed by atoms with Gasteiger partial charge in [0.1, 0.15) is 12.1 Å². The van der Waals surface area contributed by atoms with Gasteiger partial charge in [-0.1, -0.05) is 241 Å². The molecule has 10 heteroatoms. The van der Waals surface area contributed by atoms with Crippen molar-refractivity contribution in [2.45, 2.75) is 291 Å². The number of unbranched alkanes of at least 4 members (excludes halogenated alkanes) is 32. The molecule has 2 unspecified atom stereocenters. The van der Waals surface area contributed by atoms with E-state index < -0.39 is 12.1 Å². The molecule has 0 aromatic carbocycles. The molecular formula is C61H122N6O4. The van der Waals surface area contributed by atoms with Crippen molar-refractivity contribution in [1.29, 1.82) is 0 Å². The average Bonchev–Trinajstić information content (AvgIpc) is 3.32. The van der Waals surface area contributed by atoms with Gasteiger partial charge in [0, 0.05) is 52.1 Å². The topological polar surface area (TPSA) is 105 Å². The Hall–Kier alpha value is -2.20. The molecule has 0 rings (SSSR count). The summed E-state index contributed by atoms with van der Waals surface area (Å²) in [6.07, 6.45) is 44.7. The van der Waals surface area contributed by atoms with Gasteiger partial charge in [0.15, 0.2) is 0 Å². The zero-order valence-corrected chi connectivity index (χ0v) is 49.1. The largest absolute Gasteiger partial charge is 0.354 e. The van der Waals surface area contributed by atoms with E-state index in [1.54, 1.807) is 0 Å². The summed E-state index contributed by atoms with van der Waals surface area (Å²) in [6.45, 7) is 16.5. The van der Waals surface area contributed by atoms with Gasteiger partial charge >= 0.3 is 0 Å². The molecule has 0 heterocycles. The molecule has 0 saturated carbocycles. The van der Waals surface area contributed by atoms with Gasteiger partial charge in [-0.05, 0) is 65.7 Å². The fraction of sp³-hybridized carbons (Fsp3) is 0.934. The second kappa shape index (κ2) is 48.7. The van der Waals surface area contributed by atoms with Crippen molar-refractivity contribution in [2.24, 2.45) is 11.8 Å². The van der Waals surface area contributed by atoms with Crippen LogP contribution in [-0.2, 0) is 19.2 Å². The van der Waals surface area contributed by atoms with Gasteiger partial charge in [0.2, 0.25) is 23.6 Å². The van der Waals surface area contributed by atoms with Gasteiger partial charge in [-0.25, -0.2) is 0 Å². The minimum atomic E-state index is -0.472. The van der Waals surface area contributed by atoms with E-state index in [2.05, 4.69) is 62.0 Å². The molecular weight excluding hydrogens is 881 g/mol. The molecule has 0 fully saturated rings. The highest BCUT2D eigenvalue weighted by Gasteiger charge is 2.33. The Labute approximate surface area is 441 Å². The number of likely N-dealkylation sites (N-methyl/N-ethyl adjacent to an activating group) is 2. The molecule has 4 amide bonds. The van der Waals surface area contributed by atoms with Crippen molar-refractivity contribution in [3.8, 4) is 0 Å². The van der Waals surface area contributed by atoms with E-state index in [1.165, 1.54) is 167 Å². The molecule has 0 spiro atoms. The van der Waals surface area contributed by atoms with Crippen molar-refractivity contribution < 1.29 is 19.2 Å². The number of nitrogens with one attached hydrogen (secondary N) is 2. The van der Waals surface area contributed by atoms with Crippen LogP contribution in [0.2, 0.25) is 0 Å². The van der Waals surface area contributed by atoms with Crippen LogP contribution in [0.15, 0.2) is 0 Å². The lowest BCUT2D eigenvalue weighted by Crippen LogP contribution is -2.54. The van der Waals surface area contributed by atoms with Crippen LogP contribution < -0.4 is 10.6 Å². The number of rotatable bonds is 52. The standard InChI is InChI=1S/C61H122N6O4/c1-11-13-15-17-19-21-23-25-27-29-31-33-35-38-42-46-56(68)66(52-50-64(7)8)58(54(3)4)60(70)62-48-44-40-37-41-45-49-63-61(71)59(55(5)6)67(53-51-65(9)10)57(69)47-43-39-36-34-32-30-28-26-24-22-20-18-16-14-12-2/h54-55,58-59H,11-53H2,1-10H3,(H,62,70)(H,63,71). The van der Waals surface area contributed by atoms with Crippen LogP contribution >= 0.6 is 0 Å². The van der Waals surface area contributed by atoms with Gasteiger partial charge < -0.3 is 30.2 Å². The molecule has 0 bridgehead atoms. The predicted molar refractivity (Wildman–Crippen MR) is 306 cm³/mol. The Bertz CT molecular complexity index is 1150. The SMILES string of the molecule is CCCCCCCCCCCCCCCCCC(=O)N(CCN(C)C)C(C(=O)NCCCCCCCNC(=O)C(C(C)C)N(CCN(C)C)C(=O)CCCCCCCCCCCCCCCCC)C(C)C. The average molecular weight is 1000 g/mol. The molecule has 0 aliphatic carbocycles. The predicted octanol–water partition coefficient (Wildman–Crippen LogP) is 14.5. The smallest absolute Gasteiger partial charge is 0.243 e. The number of nitrogens with zero attached hydrogens (tertiary/aromatic N) is 4. The van der Waals surface area contributed by atoms with E-state index in [1.807, 2.05) is 38.0 Å². The number of carbonyl (C=O) groups is 4. The normalized spacial score (nSPS) is 12.6. The fourth-order valence-electron chi connectivity index (χ4n) is 10.1. The highest BCUT2D eigenvalue weighted by molar-refractivity contribution is 5.88. The van der Waals surface area contributed by atoms with Crippen molar-refractivity contribution in [3.05, 3.63) is 0 Å². The third-order valence-corrected chi connectivity index (χ3v) is 14.6. The van der Waals surface area contributed by atoms with E-state index >= 15 is 0 Å². The molecule has 0 saturated heterocycles. The Kier molecular flexibility index (Phi) is 47.2. The van der Waals surface area contributed by atoms with Crippen LogP contribution in [0.25, 0.3) is 0 Å². The summed E-state index contributed by atoms with van der Waals surface area (Å²) in [5.41, 5.74) is 0. The number of amides is 4. The van der Waals surface area contributed by atoms with Crippen molar-refractivity contribution >= 4 is 23.6 Å². The third kappa shape index (κ3) is 39.9. The number of hydrogen-bond acceptors (Lipinski definition) is 6. The van der Waals surface area contributed by atoms with E-state index in [0.29, 0.717) is 39.0 Å². The Morgan fingerprint density at radius 3 is 0.775 bits per heavy atom. The summed E-state index contributed by atoms with van der Waals surface area (Å²) in [7, 11) is 8.07. The quantitative estimate of drug-likeness (QED) is 0.0588. The molecule has 2 atom stereocenters. The lowest BCUT2D eigenvalue weighted by molar-refractivity contribution is -0.142.